The Balaban J connectivity index is 1.62. The van der Waals surface area contributed by atoms with Crippen molar-refractivity contribution in [3.8, 4) is 0 Å². The summed E-state index contributed by atoms with van der Waals surface area (Å²) in [7, 11) is 0. The average molecular weight is 223 g/mol. The van der Waals surface area contributed by atoms with Crippen molar-refractivity contribution in [3.05, 3.63) is 0 Å². The van der Waals surface area contributed by atoms with E-state index in [1.165, 1.54) is 38.5 Å². The van der Waals surface area contributed by atoms with Crippen molar-refractivity contribution in [2.24, 2.45) is 23.5 Å². The molecule has 4 aliphatic rings. The van der Waals surface area contributed by atoms with Crippen LogP contribution in [0.25, 0.3) is 0 Å². The molecule has 4 N–H and O–H groups in total. The molecule has 16 heavy (non-hydrogen) atoms. The molecule has 3 heteroatoms. The predicted octanol–water partition coefficient (Wildman–Crippen LogP) is 0.394. The molecule has 0 aromatic heterocycles. The minimum absolute atomic E-state index is 0.152. The van der Waals surface area contributed by atoms with Crippen LogP contribution in [-0.4, -0.2) is 18.0 Å². The van der Waals surface area contributed by atoms with E-state index < -0.39 is 0 Å². The zero-order valence-electron chi connectivity index (χ0n) is 9.95. The number of carbonyl (C=O) groups excluding carboxylic acids is 1. The van der Waals surface area contributed by atoms with Crippen LogP contribution in [0.1, 0.15) is 44.9 Å². The van der Waals surface area contributed by atoms with Gasteiger partial charge in [0, 0.05) is 19.3 Å². The maximum atomic E-state index is 10.8. The van der Waals surface area contributed by atoms with Crippen LogP contribution in [0.2, 0.25) is 0 Å². The predicted molar refractivity (Wildman–Crippen MR) is 61.5 cm³/mol. The van der Waals surface area contributed by atoms with E-state index in [2.05, 4.69) is 5.32 Å². The summed E-state index contributed by atoms with van der Waals surface area (Å²) in [4.78, 5) is 10.8. The third-order valence-electron chi connectivity index (χ3n) is 5.05. The standard InChI is InChI=1S/C13H22N2O/c14-12(16)1-2-15-13-6-9-3-10(7-13)5-11(4-9)8-13/h9-11,15H,1-8H2,(H2,14,16)/p+1. The zero-order valence-corrected chi connectivity index (χ0v) is 9.95. The molecule has 3 nitrogen and oxygen atoms in total. The first-order valence-electron chi connectivity index (χ1n) is 6.78. The number of rotatable bonds is 4. The molecule has 0 radical (unpaired) electrons. The summed E-state index contributed by atoms with van der Waals surface area (Å²) in [5, 5.41) is 2.46. The van der Waals surface area contributed by atoms with Crippen LogP contribution in [0.5, 0.6) is 0 Å². The van der Waals surface area contributed by atoms with Crippen LogP contribution in [0.3, 0.4) is 0 Å². The lowest BCUT2D eigenvalue weighted by Crippen LogP contribution is -2.99. The highest BCUT2D eigenvalue weighted by Gasteiger charge is 2.53. The van der Waals surface area contributed by atoms with Crippen LogP contribution in [-0.2, 0) is 4.79 Å². The van der Waals surface area contributed by atoms with Gasteiger partial charge in [-0.15, -0.1) is 0 Å². The zero-order chi connectivity index (χ0) is 11.2. The largest absolute Gasteiger partial charge is 0.369 e. The van der Waals surface area contributed by atoms with E-state index >= 15 is 0 Å². The van der Waals surface area contributed by atoms with Crippen LogP contribution in [0, 0.1) is 17.8 Å². The number of hydrogen-bond donors (Lipinski definition) is 2. The molecule has 4 fully saturated rings. The van der Waals surface area contributed by atoms with Gasteiger partial charge in [-0.25, -0.2) is 0 Å². The first kappa shape index (κ1) is 10.6. The van der Waals surface area contributed by atoms with Crippen molar-refractivity contribution in [3.63, 3.8) is 0 Å². The number of hydrogen-bond acceptors (Lipinski definition) is 1. The van der Waals surface area contributed by atoms with Crippen LogP contribution in [0.4, 0.5) is 0 Å². The van der Waals surface area contributed by atoms with Crippen molar-refractivity contribution in [1.82, 2.24) is 0 Å². The Bertz CT molecular complexity index is 265. The van der Waals surface area contributed by atoms with Crippen LogP contribution < -0.4 is 11.1 Å². The summed E-state index contributed by atoms with van der Waals surface area (Å²) in [6, 6.07) is 0. The van der Waals surface area contributed by atoms with Crippen LogP contribution in [0.15, 0.2) is 0 Å². The molecule has 0 spiro atoms. The maximum Gasteiger partial charge on any atom is 0.223 e. The Hall–Kier alpha value is -0.570. The van der Waals surface area contributed by atoms with Crippen molar-refractivity contribution in [2.45, 2.75) is 50.5 Å². The van der Waals surface area contributed by atoms with Gasteiger partial charge in [-0.05, 0) is 37.0 Å². The second-order valence-electron chi connectivity index (χ2n) is 6.49. The molecule has 0 aliphatic heterocycles. The first-order chi connectivity index (χ1) is 7.65. The Kier molecular flexibility index (Phi) is 2.46. The molecule has 90 valence electrons. The number of carbonyl (C=O) groups is 1. The SMILES string of the molecule is NC(=O)CC[NH2+]C12CC3CC(CC(C3)C1)C2. The van der Waals surface area contributed by atoms with Gasteiger partial charge < -0.3 is 11.1 Å². The fourth-order valence-electron chi connectivity index (χ4n) is 4.95. The first-order valence-corrected chi connectivity index (χ1v) is 6.78. The third-order valence-corrected chi connectivity index (χ3v) is 5.05. The van der Waals surface area contributed by atoms with E-state index in [0.29, 0.717) is 12.0 Å². The number of amides is 1. The average Bonchev–Trinajstić information content (AvgIpc) is 2.13. The molecule has 0 atom stereocenters. The summed E-state index contributed by atoms with van der Waals surface area (Å²) in [5.41, 5.74) is 5.72. The number of primary amides is 1. The van der Waals surface area contributed by atoms with Crippen molar-refractivity contribution in [1.29, 1.82) is 0 Å². The van der Waals surface area contributed by atoms with Gasteiger partial charge in [-0.2, -0.15) is 0 Å². The molecule has 0 heterocycles. The maximum absolute atomic E-state index is 10.8. The number of quaternary nitrogens is 1. The van der Waals surface area contributed by atoms with Gasteiger partial charge in [0.1, 0.15) is 0 Å². The van der Waals surface area contributed by atoms with E-state index in [0.717, 1.165) is 24.3 Å². The molecule has 0 saturated heterocycles. The van der Waals surface area contributed by atoms with Crippen LogP contribution >= 0.6 is 0 Å². The Morgan fingerprint density at radius 3 is 2.06 bits per heavy atom. The highest BCUT2D eigenvalue weighted by Crippen LogP contribution is 2.54. The molecule has 1 amide bonds. The van der Waals surface area contributed by atoms with Gasteiger partial charge in [-0.3, -0.25) is 4.79 Å². The highest BCUT2D eigenvalue weighted by atomic mass is 16.1. The van der Waals surface area contributed by atoms with E-state index in [1.807, 2.05) is 0 Å². The van der Waals surface area contributed by atoms with E-state index in [9.17, 15) is 4.79 Å². The molecular weight excluding hydrogens is 200 g/mol. The number of nitrogens with two attached hydrogens (primary N) is 2. The minimum atomic E-state index is -0.152. The van der Waals surface area contributed by atoms with Gasteiger partial charge in [0.15, 0.2) is 0 Å². The lowest BCUT2D eigenvalue weighted by molar-refractivity contribution is -0.738. The summed E-state index contributed by atoms with van der Waals surface area (Å²) >= 11 is 0. The van der Waals surface area contributed by atoms with Crippen molar-refractivity contribution < 1.29 is 10.1 Å². The summed E-state index contributed by atoms with van der Waals surface area (Å²) in [5.74, 6) is 2.84. The fourth-order valence-corrected chi connectivity index (χ4v) is 4.95. The summed E-state index contributed by atoms with van der Waals surface area (Å²) < 4.78 is 0. The lowest BCUT2D eigenvalue weighted by Gasteiger charge is -2.54. The van der Waals surface area contributed by atoms with Crippen molar-refractivity contribution >= 4 is 5.91 Å². The topological polar surface area (TPSA) is 59.7 Å². The second-order valence-corrected chi connectivity index (χ2v) is 6.49. The minimum Gasteiger partial charge on any atom is -0.369 e. The Morgan fingerprint density at radius 1 is 1.12 bits per heavy atom. The Morgan fingerprint density at radius 2 is 1.62 bits per heavy atom. The molecule has 4 bridgehead atoms. The quantitative estimate of drug-likeness (QED) is 0.712. The fraction of sp³-hybridized carbons (Fsp3) is 0.923. The van der Waals surface area contributed by atoms with Gasteiger partial charge >= 0.3 is 0 Å². The summed E-state index contributed by atoms with van der Waals surface area (Å²) in [6.07, 6.45) is 9.21. The molecule has 0 aromatic carbocycles. The molecule has 0 unspecified atom stereocenters. The Labute approximate surface area is 97.2 Å². The van der Waals surface area contributed by atoms with Gasteiger partial charge in [0.25, 0.3) is 0 Å². The summed E-state index contributed by atoms with van der Waals surface area (Å²) in [6.45, 7) is 0.904. The molecule has 4 rings (SSSR count). The third kappa shape index (κ3) is 1.86. The smallest absolute Gasteiger partial charge is 0.223 e. The molecule has 4 aliphatic carbocycles. The second kappa shape index (κ2) is 3.73. The van der Waals surface area contributed by atoms with E-state index in [1.54, 1.807) is 0 Å². The van der Waals surface area contributed by atoms with E-state index in [-0.39, 0.29) is 5.91 Å². The normalized spacial score (nSPS) is 44.9. The molecule has 4 saturated carbocycles. The lowest BCUT2D eigenvalue weighted by atomic mass is 9.53. The van der Waals surface area contributed by atoms with Gasteiger partial charge in [0.05, 0.1) is 18.5 Å². The monoisotopic (exact) mass is 223 g/mol. The molecular formula is C13H23N2O+. The van der Waals surface area contributed by atoms with Gasteiger partial charge in [0.2, 0.25) is 5.91 Å². The molecule has 0 aromatic rings. The van der Waals surface area contributed by atoms with Gasteiger partial charge in [-0.1, -0.05) is 0 Å². The highest BCUT2D eigenvalue weighted by molar-refractivity contribution is 5.73. The van der Waals surface area contributed by atoms with Crippen molar-refractivity contribution in [2.75, 3.05) is 6.54 Å². The van der Waals surface area contributed by atoms with E-state index in [4.69, 9.17) is 5.73 Å².